The van der Waals surface area contributed by atoms with Gasteiger partial charge in [0.05, 0.1) is 0 Å². The molecule has 1 nitrogen and oxygen atoms in total. The maximum Gasteiger partial charge on any atom is 2.00 e. The summed E-state index contributed by atoms with van der Waals surface area (Å²) in [6, 6.07) is 0. The van der Waals surface area contributed by atoms with Crippen molar-refractivity contribution in [2.75, 3.05) is 0 Å². The van der Waals surface area contributed by atoms with E-state index in [-0.39, 0.29) is 59.2 Å². The first-order valence-electron chi connectivity index (χ1n) is 1.20. The van der Waals surface area contributed by atoms with Crippen molar-refractivity contribution in [2.45, 2.75) is 13.8 Å². The molecule has 0 N–H and O–H groups in total. The molecule has 0 aliphatic heterocycles. The van der Waals surface area contributed by atoms with E-state index in [9.17, 15) is 4.79 Å². The Bertz CT molecular complexity index is 35.9. The molecule has 0 aromatic heterocycles. The van der Waals surface area contributed by atoms with Crippen LogP contribution in [0.4, 0.5) is 0 Å². The summed E-state index contributed by atoms with van der Waals surface area (Å²) in [4.78, 5) is 9.44. The van der Waals surface area contributed by atoms with Crippen molar-refractivity contribution in [3.63, 3.8) is 0 Å². The first-order chi connectivity index (χ1) is 1.73. The minimum atomic E-state index is 0. The monoisotopic (exact) mass is 280 g/mol. The molecular weight excluding hydrogens is 277 g/mol. The van der Waals surface area contributed by atoms with Crippen molar-refractivity contribution in [1.82, 2.24) is 0 Å². The van der Waals surface area contributed by atoms with Crippen molar-refractivity contribution in [2.24, 2.45) is 0 Å². The van der Waals surface area contributed by atoms with Crippen LogP contribution in [-0.4, -0.2) is 5.78 Å². The third kappa shape index (κ3) is 127. The molecule has 0 fully saturated rings. The fourth-order valence-corrected chi connectivity index (χ4v) is 0. The Kier molecular flexibility index (Phi) is 53.8. The first kappa shape index (κ1) is 24.0. The largest absolute Gasteiger partial charge is 2.00 e. The summed E-state index contributed by atoms with van der Waals surface area (Å²) >= 11 is 0. The van der Waals surface area contributed by atoms with Gasteiger partial charge in [-0.25, -0.2) is 0 Å². The molecule has 0 saturated carbocycles. The van der Waals surface area contributed by atoms with Crippen LogP contribution in [0.1, 0.15) is 13.8 Å². The van der Waals surface area contributed by atoms with Gasteiger partial charge in [-0.3, -0.25) is 0 Å². The van der Waals surface area contributed by atoms with E-state index in [2.05, 4.69) is 0 Å². The Morgan fingerprint density at radius 1 is 1.14 bits per heavy atom. The molecule has 0 aliphatic rings. The van der Waals surface area contributed by atoms with Gasteiger partial charge in [-0.15, -0.1) is 0 Å². The zero-order valence-electron chi connectivity index (χ0n) is 4.37. The molecule has 0 saturated heterocycles. The molecule has 7 heavy (non-hydrogen) atoms. The number of ketones is 1. The second kappa shape index (κ2) is 15.7. The molecule has 0 bridgehead atoms. The van der Waals surface area contributed by atoms with E-state index in [0.29, 0.717) is 0 Å². The van der Waals surface area contributed by atoms with Gasteiger partial charge in [-0.05, 0) is 13.8 Å². The predicted octanol–water partition coefficient (Wildman–Crippen LogP) is -5.40. The molecule has 0 spiro atoms. The summed E-state index contributed by atoms with van der Waals surface area (Å²) in [6.07, 6.45) is 0. The van der Waals surface area contributed by atoms with Gasteiger partial charge in [0.15, 0.2) is 0 Å². The molecule has 0 aromatic rings. The van der Waals surface area contributed by atoms with Gasteiger partial charge >= 0.3 is 19.5 Å². The standard InChI is InChI=1S/C3H6O.2BrH.Zn/c1-3(2)4;;;/h1-2H3;2*1H;/q;;;+2/p-2. The second-order valence-electron chi connectivity index (χ2n) is 0.908. The second-order valence-corrected chi connectivity index (χ2v) is 0.908. The van der Waals surface area contributed by atoms with Crippen LogP contribution >= 0.6 is 0 Å². The van der Waals surface area contributed by atoms with Gasteiger partial charge in [-0.1, -0.05) is 0 Å². The normalized spacial score (nSPS) is 3.71. The number of hydrogen-bond acceptors (Lipinski definition) is 1. The van der Waals surface area contributed by atoms with Crippen LogP contribution in [0.2, 0.25) is 0 Å². The van der Waals surface area contributed by atoms with Gasteiger partial charge in [-0.2, -0.15) is 0 Å². The summed E-state index contributed by atoms with van der Waals surface area (Å²) in [7, 11) is 0. The Balaban J connectivity index is -0.0000000150. The molecule has 0 radical (unpaired) electrons. The van der Waals surface area contributed by atoms with Crippen LogP contribution in [0.15, 0.2) is 0 Å². The fourth-order valence-electron chi connectivity index (χ4n) is 0. The average Bonchev–Trinajstić information content (AvgIpc) is 0.811. The maximum atomic E-state index is 9.44. The summed E-state index contributed by atoms with van der Waals surface area (Å²) in [5, 5.41) is 0. The third-order valence-electron chi connectivity index (χ3n) is 0. The molecule has 0 atom stereocenters. The van der Waals surface area contributed by atoms with Gasteiger partial charge in [0.1, 0.15) is 5.78 Å². The number of Topliss-reactive ketones (excluding diaryl/α,β-unsaturated/α-hetero) is 1. The van der Waals surface area contributed by atoms with Crippen LogP contribution in [0.3, 0.4) is 0 Å². The molecule has 4 heteroatoms. The molecule has 40 valence electrons. The molecule has 0 unspecified atom stereocenters. The summed E-state index contributed by atoms with van der Waals surface area (Å²) in [5.74, 6) is 0.167. The van der Waals surface area contributed by atoms with Gasteiger partial charge < -0.3 is 38.8 Å². The summed E-state index contributed by atoms with van der Waals surface area (Å²) in [5.41, 5.74) is 0. The number of carbonyl (C=O) groups excluding carboxylic acids is 1. The van der Waals surface area contributed by atoms with Gasteiger partial charge in [0.25, 0.3) is 0 Å². The minimum Gasteiger partial charge on any atom is -1.00 e. The fraction of sp³-hybridized carbons (Fsp3) is 0.667. The summed E-state index contributed by atoms with van der Waals surface area (Å²) < 4.78 is 0. The zero-order valence-corrected chi connectivity index (χ0v) is 10.5. The number of rotatable bonds is 0. The Morgan fingerprint density at radius 2 is 1.14 bits per heavy atom. The van der Waals surface area contributed by atoms with Crippen LogP contribution in [-0.2, 0) is 24.3 Å². The van der Waals surface area contributed by atoms with E-state index >= 15 is 0 Å². The van der Waals surface area contributed by atoms with Gasteiger partial charge in [0, 0.05) is 0 Å². The summed E-state index contributed by atoms with van der Waals surface area (Å²) in [6.45, 7) is 3.06. The van der Waals surface area contributed by atoms with E-state index in [4.69, 9.17) is 0 Å². The van der Waals surface area contributed by atoms with E-state index in [0.717, 1.165) is 0 Å². The van der Waals surface area contributed by atoms with E-state index in [1.165, 1.54) is 13.8 Å². The topological polar surface area (TPSA) is 17.1 Å². The van der Waals surface area contributed by atoms with Gasteiger partial charge in [0.2, 0.25) is 0 Å². The smallest absolute Gasteiger partial charge is 1.00 e. The van der Waals surface area contributed by atoms with E-state index in [1.54, 1.807) is 0 Å². The number of carbonyl (C=O) groups is 1. The average molecular weight is 283 g/mol. The Morgan fingerprint density at radius 3 is 1.14 bits per heavy atom. The molecule has 0 aromatic carbocycles. The van der Waals surface area contributed by atoms with Crippen LogP contribution in [0, 0.1) is 0 Å². The zero-order chi connectivity index (χ0) is 3.58. The van der Waals surface area contributed by atoms with E-state index in [1.807, 2.05) is 0 Å². The van der Waals surface area contributed by atoms with Crippen molar-refractivity contribution in [3.8, 4) is 0 Å². The Labute approximate surface area is 77.5 Å². The first-order valence-corrected chi connectivity index (χ1v) is 1.20. The van der Waals surface area contributed by atoms with E-state index < -0.39 is 0 Å². The quantitative estimate of drug-likeness (QED) is 0.406. The predicted molar refractivity (Wildman–Crippen MR) is 16.4 cm³/mol. The third-order valence-corrected chi connectivity index (χ3v) is 0. The molecule has 0 heterocycles. The van der Waals surface area contributed by atoms with Crippen LogP contribution < -0.4 is 34.0 Å². The molecule has 0 aliphatic carbocycles. The number of halogens is 2. The van der Waals surface area contributed by atoms with Crippen molar-refractivity contribution in [3.05, 3.63) is 0 Å². The SMILES string of the molecule is CC(C)=O.[Br-].[Br-].[Zn+2]. The Hall–Kier alpha value is 1.25. The van der Waals surface area contributed by atoms with Crippen molar-refractivity contribution in [1.29, 1.82) is 0 Å². The number of hydrogen-bond donors (Lipinski definition) is 0. The van der Waals surface area contributed by atoms with Crippen molar-refractivity contribution >= 4 is 5.78 Å². The molecule has 0 rings (SSSR count). The minimum absolute atomic E-state index is 0. The maximum absolute atomic E-state index is 9.44. The molecular formula is C3H6Br2OZn. The van der Waals surface area contributed by atoms with Crippen LogP contribution in [0.25, 0.3) is 0 Å². The molecule has 0 amide bonds. The van der Waals surface area contributed by atoms with Crippen molar-refractivity contribution < 1.29 is 58.2 Å². The van der Waals surface area contributed by atoms with Crippen LogP contribution in [0.5, 0.6) is 0 Å².